The normalized spacial score (nSPS) is 19.7. The molecule has 3 heterocycles. The zero-order valence-corrected chi connectivity index (χ0v) is 20.6. The molecule has 2 fully saturated rings. The number of rotatable bonds is 4. The van der Waals surface area contributed by atoms with Gasteiger partial charge >= 0.3 is 0 Å². The molecule has 2 aromatic rings. The Morgan fingerprint density at radius 2 is 1.59 bits per heavy atom. The molecule has 0 spiro atoms. The van der Waals surface area contributed by atoms with E-state index in [1.165, 1.54) is 21.9 Å². The molecule has 5 rings (SSSR count). The van der Waals surface area contributed by atoms with Crippen molar-refractivity contribution < 1.29 is 17.9 Å². The number of fused-ring (bicyclic) bond motifs is 1. The van der Waals surface area contributed by atoms with E-state index in [2.05, 4.69) is 17.9 Å². The van der Waals surface area contributed by atoms with Gasteiger partial charge in [0, 0.05) is 44.1 Å². The number of carbonyl (C=O) groups is 1. The first-order valence-corrected chi connectivity index (χ1v) is 13.8. The van der Waals surface area contributed by atoms with Gasteiger partial charge in [-0.25, -0.2) is 8.42 Å². The van der Waals surface area contributed by atoms with Gasteiger partial charge < -0.3 is 14.5 Å². The summed E-state index contributed by atoms with van der Waals surface area (Å²) < 4.78 is 33.6. The van der Waals surface area contributed by atoms with Gasteiger partial charge in [-0.05, 0) is 68.9 Å². The van der Waals surface area contributed by atoms with Crippen LogP contribution < -0.4 is 9.80 Å². The second-order valence-corrected chi connectivity index (χ2v) is 11.4. The maximum Gasteiger partial charge on any atom is 0.260 e. The topological polar surface area (TPSA) is 70.2 Å². The van der Waals surface area contributed by atoms with Crippen LogP contribution in [-0.2, 0) is 21.2 Å². The number of amides is 1. The third-order valence-electron chi connectivity index (χ3n) is 7.10. The van der Waals surface area contributed by atoms with Gasteiger partial charge in [0.1, 0.15) is 0 Å². The first kappa shape index (κ1) is 23.3. The highest BCUT2D eigenvalue weighted by atomic mass is 32.2. The van der Waals surface area contributed by atoms with Crippen molar-refractivity contribution in [3.63, 3.8) is 0 Å². The highest BCUT2D eigenvalue weighted by Crippen LogP contribution is 2.34. The fraction of sp³-hybridized carbons (Fsp3) is 0.500. The monoisotopic (exact) mass is 483 g/mol. The maximum atomic E-state index is 14.0. The lowest BCUT2D eigenvalue weighted by Gasteiger charge is -2.34. The van der Waals surface area contributed by atoms with Crippen molar-refractivity contribution in [3.8, 4) is 0 Å². The molecule has 182 valence electrons. The molecule has 0 atom stereocenters. The van der Waals surface area contributed by atoms with E-state index in [0.29, 0.717) is 38.4 Å². The van der Waals surface area contributed by atoms with Crippen LogP contribution in [0.25, 0.3) is 0 Å². The Labute approximate surface area is 202 Å². The van der Waals surface area contributed by atoms with E-state index >= 15 is 0 Å². The summed E-state index contributed by atoms with van der Waals surface area (Å²) in [6.07, 6.45) is 5.18. The van der Waals surface area contributed by atoms with Crippen molar-refractivity contribution in [2.24, 2.45) is 0 Å². The molecule has 34 heavy (non-hydrogen) atoms. The van der Waals surface area contributed by atoms with Gasteiger partial charge in [-0.2, -0.15) is 4.31 Å². The molecule has 0 bridgehead atoms. The second-order valence-electron chi connectivity index (χ2n) is 9.44. The fourth-order valence-corrected chi connectivity index (χ4v) is 6.71. The summed E-state index contributed by atoms with van der Waals surface area (Å²) >= 11 is 0. The zero-order valence-electron chi connectivity index (χ0n) is 19.8. The molecule has 1 amide bonds. The van der Waals surface area contributed by atoms with Gasteiger partial charge in [0.2, 0.25) is 10.0 Å². The molecule has 2 saturated heterocycles. The minimum Gasteiger partial charge on any atom is -0.379 e. The molecule has 0 N–H and O–H groups in total. The summed E-state index contributed by atoms with van der Waals surface area (Å²) in [4.78, 5) is 18.3. The van der Waals surface area contributed by atoms with Gasteiger partial charge in [0.15, 0.2) is 0 Å². The molecular formula is C26H33N3O4S. The lowest BCUT2D eigenvalue weighted by atomic mass is 9.98. The van der Waals surface area contributed by atoms with Crippen LogP contribution in [0, 0.1) is 6.92 Å². The van der Waals surface area contributed by atoms with Crippen LogP contribution in [0.5, 0.6) is 0 Å². The van der Waals surface area contributed by atoms with E-state index in [9.17, 15) is 13.2 Å². The van der Waals surface area contributed by atoms with Gasteiger partial charge in [0.25, 0.3) is 5.91 Å². The van der Waals surface area contributed by atoms with Crippen molar-refractivity contribution in [1.29, 1.82) is 0 Å². The summed E-state index contributed by atoms with van der Waals surface area (Å²) in [6.45, 7) is 5.90. The Morgan fingerprint density at radius 3 is 2.35 bits per heavy atom. The number of benzene rings is 2. The predicted octanol–water partition coefficient (Wildman–Crippen LogP) is 3.60. The van der Waals surface area contributed by atoms with E-state index in [0.717, 1.165) is 50.1 Å². The Hall–Kier alpha value is -2.42. The Kier molecular flexibility index (Phi) is 6.64. The van der Waals surface area contributed by atoms with Crippen LogP contribution in [0.4, 0.5) is 11.4 Å². The molecule has 3 aliphatic heterocycles. The summed E-state index contributed by atoms with van der Waals surface area (Å²) in [5, 5.41) is 0. The molecule has 2 aromatic carbocycles. The average molecular weight is 484 g/mol. The lowest BCUT2D eigenvalue weighted by Crippen LogP contribution is -2.41. The summed E-state index contributed by atoms with van der Waals surface area (Å²) in [6, 6.07) is 11.3. The molecule has 3 aliphatic rings. The van der Waals surface area contributed by atoms with Gasteiger partial charge in [-0.3, -0.25) is 4.79 Å². The van der Waals surface area contributed by atoms with Gasteiger partial charge in [-0.15, -0.1) is 0 Å². The number of hydrogen-bond acceptors (Lipinski definition) is 5. The number of aryl methyl sites for hydroxylation is 2. The zero-order chi connectivity index (χ0) is 23.7. The van der Waals surface area contributed by atoms with Crippen LogP contribution in [0.1, 0.15) is 47.2 Å². The van der Waals surface area contributed by atoms with E-state index < -0.39 is 10.0 Å². The molecule has 0 radical (unpaired) electrons. The van der Waals surface area contributed by atoms with Crippen molar-refractivity contribution in [1.82, 2.24) is 4.31 Å². The predicted molar refractivity (Wildman–Crippen MR) is 133 cm³/mol. The van der Waals surface area contributed by atoms with Crippen LogP contribution in [-0.4, -0.2) is 64.6 Å². The first-order valence-electron chi connectivity index (χ1n) is 12.3. The molecule has 7 nitrogen and oxygen atoms in total. The van der Waals surface area contributed by atoms with E-state index in [1.807, 2.05) is 23.1 Å². The Balaban J connectivity index is 1.56. The quantitative estimate of drug-likeness (QED) is 0.665. The average Bonchev–Trinajstić information content (AvgIpc) is 2.88. The first-order chi connectivity index (χ1) is 16.4. The van der Waals surface area contributed by atoms with Crippen molar-refractivity contribution in [2.75, 3.05) is 55.7 Å². The number of piperidine rings is 1. The largest absolute Gasteiger partial charge is 0.379 e. The maximum absolute atomic E-state index is 14.0. The third kappa shape index (κ3) is 4.46. The number of nitrogens with zero attached hydrogens (tertiary/aromatic N) is 3. The highest BCUT2D eigenvalue weighted by Gasteiger charge is 2.31. The standard InChI is InChI=1S/C26H33N3O4S/c1-20-7-9-24-21(18-20)6-5-13-29(24)26(30)23-19-22(34(31,32)28-14-16-33-17-15-28)8-10-25(23)27-11-3-2-4-12-27/h7-10,18-19H,2-6,11-17H2,1H3. The molecule has 0 unspecified atom stereocenters. The van der Waals surface area contributed by atoms with Crippen molar-refractivity contribution >= 4 is 27.3 Å². The second kappa shape index (κ2) is 9.68. The lowest BCUT2D eigenvalue weighted by molar-refractivity contribution is 0.0730. The van der Waals surface area contributed by atoms with Gasteiger partial charge in [0.05, 0.1) is 23.7 Å². The number of anilines is 2. The number of carbonyl (C=O) groups excluding carboxylic acids is 1. The summed E-state index contributed by atoms with van der Waals surface area (Å²) in [5.74, 6) is -0.121. The third-order valence-corrected chi connectivity index (χ3v) is 9.00. The molecule has 0 saturated carbocycles. The molecule has 8 heteroatoms. The number of hydrogen-bond donors (Lipinski definition) is 0. The van der Waals surface area contributed by atoms with Crippen LogP contribution in [0.2, 0.25) is 0 Å². The SMILES string of the molecule is Cc1ccc2c(c1)CCCN2C(=O)c1cc(S(=O)(=O)N2CCOCC2)ccc1N1CCCCC1. The minimum atomic E-state index is -3.70. The fourth-order valence-electron chi connectivity index (χ4n) is 5.28. The Morgan fingerprint density at radius 1 is 0.853 bits per heavy atom. The van der Waals surface area contributed by atoms with Crippen LogP contribution in [0.3, 0.4) is 0 Å². The molecule has 0 aliphatic carbocycles. The Bertz CT molecular complexity index is 1170. The van der Waals surface area contributed by atoms with E-state index in [4.69, 9.17) is 4.74 Å². The number of morpholine rings is 1. The van der Waals surface area contributed by atoms with E-state index in [1.54, 1.807) is 12.1 Å². The number of sulfonamides is 1. The highest BCUT2D eigenvalue weighted by molar-refractivity contribution is 7.89. The summed E-state index contributed by atoms with van der Waals surface area (Å²) in [5.41, 5.74) is 4.61. The molecule has 0 aromatic heterocycles. The smallest absolute Gasteiger partial charge is 0.260 e. The van der Waals surface area contributed by atoms with E-state index in [-0.39, 0.29) is 10.8 Å². The van der Waals surface area contributed by atoms with Crippen LogP contribution >= 0.6 is 0 Å². The van der Waals surface area contributed by atoms with Crippen molar-refractivity contribution in [2.45, 2.75) is 43.9 Å². The van der Waals surface area contributed by atoms with Gasteiger partial charge in [-0.1, -0.05) is 17.7 Å². The number of ether oxygens (including phenoxy) is 1. The van der Waals surface area contributed by atoms with Crippen molar-refractivity contribution in [3.05, 3.63) is 53.1 Å². The minimum absolute atomic E-state index is 0.121. The van der Waals surface area contributed by atoms with Crippen LogP contribution in [0.15, 0.2) is 41.3 Å². The summed E-state index contributed by atoms with van der Waals surface area (Å²) in [7, 11) is -3.70. The molecular weight excluding hydrogens is 450 g/mol.